The zero-order valence-electron chi connectivity index (χ0n) is 17.1. The van der Waals surface area contributed by atoms with E-state index in [2.05, 4.69) is 27.5 Å². The molecule has 2 aliphatic rings. The van der Waals surface area contributed by atoms with Crippen LogP contribution in [0.2, 0.25) is 0 Å². The molecule has 3 rings (SSSR count). The number of rotatable bonds is 11. The Morgan fingerprint density at radius 1 is 1.13 bits per heavy atom. The van der Waals surface area contributed by atoms with Crippen molar-refractivity contribution in [3.63, 3.8) is 0 Å². The molecule has 7 nitrogen and oxygen atoms in total. The van der Waals surface area contributed by atoms with E-state index in [4.69, 9.17) is 0 Å². The lowest BCUT2D eigenvalue weighted by Crippen LogP contribution is -2.47. The fraction of sp³-hybridized carbons (Fsp3) is 0.500. The largest absolute Gasteiger partial charge is 0.480 e. The van der Waals surface area contributed by atoms with Gasteiger partial charge in [0.2, 0.25) is 10.0 Å². The molecule has 0 radical (unpaired) electrons. The standard InChI is InChI=1S/C22H31N3O4S/c26-22(27)20(25-30(28,29)19-11-5-3-6-12-19)13-7-2-1-4-10-18-15-14-17-9-8-16-23-21(17)24-18/h3,5-6,11-12,14-15,20-21,23-25H,1-2,4,7-10,13,16H2,(H,26,27)/t20-,21?/m0/s1. The van der Waals surface area contributed by atoms with Gasteiger partial charge < -0.3 is 10.4 Å². The Balaban J connectivity index is 1.38. The molecule has 0 aliphatic carbocycles. The lowest BCUT2D eigenvalue weighted by molar-refractivity contribution is -0.139. The van der Waals surface area contributed by atoms with Crippen molar-refractivity contribution in [2.24, 2.45) is 0 Å². The Morgan fingerprint density at radius 3 is 2.67 bits per heavy atom. The molecule has 1 aromatic carbocycles. The van der Waals surface area contributed by atoms with Gasteiger partial charge in [-0.15, -0.1) is 0 Å². The number of benzene rings is 1. The van der Waals surface area contributed by atoms with Gasteiger partial charge in [-0.25, -0.2) is 8.42 Å². The molecule has 1 unspecified atom stereocenters. The van der Waals surface area contributed by atoms with E-state index in [9.17, 15) is 18.3 Å². The number of carbonyl (C=O) groups is 1. The summed E-state index contributed by atoms with van der Waals surface area (Å²) in [7, 11) is -3.83. The SMILES string of the molecule is O=C(O)[C@H](CCCCCCC1=CC=C2CCCNC2N1)NS(=O)(=O)c1ccccc1. The maximum Gasteiger partial charge on any atom is 0.321 e. The Kier molecular flexibility index (Phi) is 8.07. The zero-order chi connectivity index (χ0) is 21.4. The van der Waals surface area contributed by atoms with E-state index in [0.717, 1.165) is 38.6 Å². The van der Waals surface area contributed by atoms with Crippen LogP contribution in [-0.4, -0.2) is 38.2 Å². The zero-order valence-corrected chi connectivity index (χ0v) is 18.0. The van der Waals surface area contributed by atoms with Crippen molar-refractivity contribution >= 4 is 16.0 Å². The fourth-order valence-corrected chi connectivity index (χ4v) is 5.08. The van der Waals surface area contributed by atoms with Gasteiger partial charge >= 0.3 is 5.97 Å². The second-order valence-corrected chi connectivity index (χ2v) is 9.56. The number of dihydropyridines is 1. The molecule has 0 amide bonds. The highest BCUT2D eigenvalue weighted by atomic mass is 32.2. The van der Waals surface area contributed by atoms with E-state index in [0.29, 0.717) is 6.42 Å². The number of hydrogen-bond acceptors (Lipinski definition) is 5. The van der Waals surface area contributed by atoms with Gasteiger partial charge in [0.25, 0.3) is 0 Å². The third kappa shape index (κ3) is 6.42. The highest BCUT2D eigenvalue weighted by Crippen LogP contribution is 2.21. The van der Waals surface area contributed by atoms with Crippen LogP contribution in [-0.2, 0) is 14.8 Å². The van der Waals surface area contributed by atoms with Crippen molar-refractivity contribution < 1.29 is 18.3 Å². The highest BCUT2D eigenvalue weighted by molar-refractivity contribution is 7.89. The van der Waals surface area contributed by atoms with Crippen LogP contribution >= 0.6 is 0 Å². The summed E-state index contributed by atoms with van der Waals surface area (Å²) in [6.45, 7) is 1.04. The Bertz CT molecular complexity index is 881. The maximum atomic E-state index is 12.4. The van der Waals surface area contributed by atoms with Crippen molar-refractivity contribution in [2.75, 3.05) is 6.54 Å². The monoisotopic (exact) mass is 433 g/mol. The quantitative estimate of drug-likeness (QED) is 0.400. The van der Waals surface area contributed by atoms with Crippen LogP contribution in [0.4, 0.5) is 0 Å². The highest BCUT2D eigenvalue weighted by Gasteiger charge is 2.25. The summed E-state index contributed by atoms with van der Waals surface area (Å²) in [5, 5.41) is 16.4. The smallest absolute Gasteiger partial charge is 0.321 e. The first kappa shape index (κ1) is 22.5. The summed E-state index contributed by atoms with van der Waals surface area (Å²) in [4.78, 5) is 11.6. The van der Waals surface area contributed by atoms with Crippen molar-refractivity contribution in [2.45, 2.75) is 68.5 Å². The predicted octanol–water partition coefficient (Wildman–Crippen LogP) is 2.88. The van der Waals surface area contributed by atoms with Gasteiger partial charge in [0.15, 0.2) is 0 Å². The first-order valence-corrected chi connectivity index (χ1v) is 12.1. The van der Waals surface area contributed by atoms with Crippen molar-refractivity contribution in [3.05, 3.63) is 53.8 Å². The van der Waals surface area contributed by atoms with Gasteiger partial charge in [-0.1, -0.05) is 43.5 Å². The van der Waals surface area contributed by atoms with Crippen molar-refractivity contribution in [3.8, 4) is 0 Å². The third-order valence-electron chi connectivity index (χ3n) is 5.53. The maximum absolute atomic E-state index is 12.4. The summed E-state index contributed by atoms with van der Waals surface area (Å²) >= 11 is 0. The molecule has 1 fully saturated rings. The van der Waals surface area contributed by atoms with Gasteiger partial charge in [0.1, 0.15) is 6.04 Å². The molecule has 30 heavy (non-hydrogen) atoms. The van der Waals surface area contributed by atoms with Crippen LogP contribution in [0, 0.1) is 0 Å². The average Bonchev–Trinajstić information content (AvgIpc) is 2.75. The van der Waals surface area contributed by atoms with E-state index >= 15 is 0 Å². The molecule has 0 bridgehead atoms. The Labute approximate surface area is 178 Å². The minimum Gasteiger partial charge on any atom is -0.480 e. The number of carboxylic acids is 1. The van der Waals surface area contributed by atoms with Crippen molar-refractivity contribution in [1.82, 2.24) is 15.4 Å². The second-order valence-electron chi connectivity index (χ2n) is 7.85. The second kappa shape index (κ2) is 10.7. The van der Waals surface area contributed by atoms with Crippen LogP contribution in [0.25, 0.3) is 0 Å². The normalized spacial score (nSPS) is 19.8. The van der Waals surface area contributed by atoms with Crippen molar-refractivity contribution in [1.29, 1.82) is 0 Å². The van der Waals surface area contributed by atoms with E-state index in [-0.39, 0.29) is 17.5 Å². The molecule has 164 valence electrons. The molecule has 2 heterocycles. The van der Waals surface area contributed by atoms with Gasteiger partial charge in [-0.2, -0.15) is 4.72 Å². The minimum absolute atomic E-state index is 0.0779. The van der Waals surface area contributed by atoms with E-state index in [1.165, 1.54) is 29.8 Å². The number of fused-ring (bicyclic) bond motifs is 1. The van der Waals surface area contributed by atoms with Gasteiger partial charge in [0, 0.05) is 5.70 Å². The molecule has 2 aliphatic heterocycles. The number of carboxylic acid groups (broad SMARTS) is 1. The van der Waals surface area contributed by atoms with E-state index in [1.54, 1.807) is 18.2 Å². The number of piperidine rings is 1. The molecular weight excluding hydrogens is 402 g/mol. The number of nitrogens with one attached hydrogen (secondary N) is 3. The molecule has 0 aromatic heterocycles. The van der Waals surface area contributed by atoms with Crippen LogP contribution in [0.3, 0.4) is 0 Å². The number of allylic oxidation sites excluding steroid dienone is 3. The molecule has 1 aromatic rings. The fourth-order valence-electron chi connectivity index (χ4n) is 3.84. The van der Waals surface area contributed by atoms with Crippen LogP contribution in [0.1, 0.15) is 51.4 Å². The molecule has 0 spiro atoms. The molecular formula is C22H31N3O4S. The third-order valence-corrected chi connectivity index (χ3v) is 7.02. The number of aliphatic carboxylic acids is 1. The topological polar surface area (TPSA) is 108 Å². The molecule has 2 atom stereocenters. The lowest BCUT2D eigenvalue weighted by Gasteiger charge is -2.32. The molecule has 4 N–H and O–H groups in total. The number of sulfonamides is 1. The van der Waals surface area contributed by atoms with Gasteiger partial charge in [0.05, 0.1) is 11.1 Å². The predicted molar refractivity (Wildman–Crippen MR) is 116 cm³/mol. The Hall–Kier alpha value is -2.16. The molecule has 8 heteroatoms. The summed E-state index contributed by atoms with van der Waals surface area (Å²) in [6, 6.07) is 6.74. The lowest BCUT2D eigenvalue weighted by atomic mass is 9.98. The first-order valence-electron chi connectivity index (χ1n) is 10.7. The Morgan fingerprint density at radius 2 is 1.90 bits per heavy atom. The summed E-state index contributed by atoms with van der Waals surface area (Å²) in [5.41, 5.74) is 2.65. The summed E-state index contributed by atoms with van der Waals surface area (Å²) < 4.78 is 27.0. The van der Waals surface area contributed by atoms with Crippen LogP contribution in [0.15, 0.2) is 58.6 Å². The van der Waals surface area contributed by atoms with Crippen LogP contribution < -0.4 is 15.4 Å². The molecule has 0 saturated carbocycles. The number of hydrogen-bond donors (Lipinski definition) is 4. The average molecular weight is 434 g/mol. The van der Waals surface area contributed by atoms with E-state index in [1.807, 2.05) is 0 Å². The van der Waals surface area contributed by atoms with Gasteiger partial charge in [-0.3, -0.25) is 10.1 Å². The van der Waals surface area contributed by atoms with E-state index < -0.39 is 22.0 Å². The summed E-state index contributed by atoms with van der Waals surface area (Å²) in [5.74, 6) is -1.14. The molecule has 1 saturated heterocycles. The minimum atomic E-state index is -3.83. The van der Waals surface area contributed by atoms with Gasteiger partial charge in [-0.05, 0) is 62.4 Å². The number of unbranched alkanes of at least 4 members (excludes halogenated alkanes) is 3. The van der Waals surface area contributed by atoms with Crippen LogP contribution in [0.5, 0.6) is 0 Å². The summed E-state index contributed by atoms with van der Waals surface area (Å²) in [6.07, 6.45) is 11.8. The first-order chi connectivity index (χ1) is 14.5.